The minimum Gasteiger partial charge on any atom is -0.343 e. The number of piperazine rings is 1. The van der Waals surface area contributed by atoms with Crippen LogP contribution in [0.4, 0.5) is 13.2 Å². The van der Waals surface area contributed by atoms with Gasteiger partial charge in [0.1, 0.15) is 0 Å². The van der Waals surface area contributed by atoms with Crippen LogP contribution in [-0.2, 0) is 4.79 Å². The lowest BCUT2D eigenvalue weighted by molar-refractivity contribution is -0.120. The van der Waals surface area contributed by atoms with Crippen molar-refractivity contribution in [2.24, 2.45) is 0 Å². The highest BCUT2D eigenvalue weighted by atomic mass is 19.4. The molecule has 2 heterocycles. The summed E-state index contributed by atoms with van der Waals surface area (Å²) in [5, 5.41) is 3.26. The lowest BCUT2D eigenvalue weighted by atomic mass is 10.1. The van der Waals surface area contributed by atoms with Crippen molar-refractivity contribution in [1.29, 1.82) is 0 Å². The van der Waals surface area contributed by atoms with Crippen LogP contribution in [0.3, 0.4) is 0 Å². The predicted octanol–water partition coefficient (Wildman–Crippen LogP) is 0.301. The van der Waals surface area contributed by atoms with Crippen molar-refractivity contribution in [2.75, 3.05) is 39.3 Å². The first-order valence-corrected chi connectivity index (χ1v) is 5.61. The van der Waals surface area contributed by atoms with E-state index in [1.54, 1.807) is 0 Å². The number of amides is 1. The summed E-state index contributed by atoms with van der Waals surface area (Å²) in [6, 6.07) is 0.735. The zero-order valence-corrected chi connectivity index (χ0v) is 9.83. The minimum absolute atomic E-state index is 0.188. The Morgan fingerprint density at radius 2 is 1.65 bits per heavy atom. The molecule has 100 valence electrons. The van der Waals surface area contributed by atoms with Crippen LogP contribution in [0.2, 0.25) is 0 Å². The maximum absolute atomic E-state index is 10.4. The van der Waals surface area contributed by atoms with Crippen molar-refractivity contribution in [3.63, 3.8) is 0 Å². The Morgan fingerprint density at radius 1 is 1.18 bits per heavy atom. The summed E-state index contributed by atoms with van der Waals surface area (Å²) in [6.45, 7) is 6.34. The highest BCUT2D eigenvalue weighted by Gasteiger charge is 2.26. The molecule has 2 aliphatic rings. The second-order valence-corrected chi connectivity index (χ2v) is 4.27. The molecule has 0 bridgehead atoms. The van der Waals surface area contributed by atoms with E-state index in [9.17, 15) is 18.0 Å². The van der Waals surface area contributed by atoms with Crippen LogP contribution >= 0.6 is 0 Å². The van der Waals surface area contributed by atoms with Crippen LogP contribution in [-0.4, -0.2) is 67.7 Å². The van der Waals surface area contributed by atoms with Crippen molar-refractivity contribution in [3.05, 3.63) is 0 Å². The third-order valence-corrected chi connectivity index (χ3v) is 2.77. The molecule has 4 nitrogen and oxygen atoms in total. The molecule has 0 saturated carbocycles. The van der Waals surface area contributed by atoms with Gasteiger partial charge in [-0.25, -0.2) is 0 Å². The Bertz CT molecular complexity index is 229. The van der Waals surface area contributed by atoms with Gasteiger partial charge in [-0.2, -0.15) is 13.2 Å². The number of rotatable bonds is 2. The first-order valence-electron chi connectivity index (χ1n) is 5.61. The Hall–Kier alpha value is -0.820. The maximum Gasteiger partial charge on any atom is 0.386 e. The molecule has 1 amide bonds. The van der Waals surface area contributed by atoms with Gasteiger partial charge < -0.3 is 10.2 Å². The van der Waals surface area contributed by atoms with Gasteiger partial charge in [-0.3, -0.25) is 9.69 Å². The molecular formula is C10H18F3N3O. The van der Waals surface area contributed by atoms with E-state index < -0.39 is 6.18 Å². The van der Waals surface area contributed by atoms with E-state index in [1.165, 1.54) is 0 Å². The number of hydrogen-bond acceptors (Lipinski definition) is 3. The molecule has 17 heavy (non-hydrogen) atoms. The molecule has 0 aliphatic carbocycles. The van der Waals surface area contributed by atoms with E-state index in [-0.39, 0.29) is 6.92 Å². The number of halogens is 3. The van der Waals surface area contributed by atoms with Crippen molar-refractivity contribution in [2.45, 2.75) is 19.1 Å². The molecule has 0 aromatic rings. The van der Waals surface area contributed by atoms with E-state index in [1.807, 2.05) is 4.90 Å². The Balaban J connectivity index is 0.000000249. The summed E-state index contributed by atoms with van der Waals surface area (Å²) in [5.74, 6) is 0. The van der Waals surface area contributed by atoms with Crippen molar-refractivity contribution < 1.29 is 18.0 Å². The molecule has 7 heteroatoms. The molecule has 0 radical (unpaired) electrons. The Kier molecular flexibility index (Phi) is 5.20. The topological polar surface area (TPSA) is 35.6 Å². The summed E-state index contributed by atoms with van der Waals surface area (Å²) in [7, 11) is 0. The van der Waals surface area contributed by atoms with Gasteiger partial charge in [0.15, 0.2) is 0 Å². The zero-order valence-electron chi connectivity index (χ0n) is 9.83. The normalized spacial score (nSPS) is 22.5. The molecule has 2 aliphatic heterocycles. The fourth-order valence-corrected chi connectivity index (χ4v) is 1.74. The second-order valence-electron chi connectivity index (χ2n) is 4.27. The van der Waals surface area contributed by atoms with E-state index >= 15 is 0 Å². The number of carbonyl (C=O) groups excluding carboxylic acids is 1. The van der Waals surface area contributed by atoms with Crippen LogP contribution in [0.15, 0.2) is 0 Å². The number of nitrogens with zero attached hydrogens (tertiary/aromatic N) is 2. The lowest BCUT2D eigenvalue weighted by Crippen LogP contribution is -2.61. The van der Waals surface area contributed by atoms with E-state index in [2.05, 4.69) is 10.2 Å². The third kappa shape index (κ3) is 5.88. The van der Waals surface area contributed by atoms with Gasteiger partial charge in [0.2, 0.25) is 6.41 Å². The number of alkyl halides is 3. The van der Waals surface area contributed by atoms with Gasteiger partial charge >= 0.3 is 6.18 Å². The number of hydrogen-bond donors (Lipinski definition) is 1. The van der Waals surface area contributed by atoms with Crippen LogP contribution in [0.5, 0.6) is 0 Å². The molecule has 2 saturated heterocycles. The monoisotopic (exact) mass is 253 g/mol. The highest BCUT2D eigenvalue weighted by molar-refractivity contribution is 5.47. The van der Waals surface area contributed by atoms with Gasteiger partial charge in [0, 0.05) is 52.2 Å². The first-order chi connectivity index (χ1) is 7.90. The Labute approximate surface area is 98.7 Å². The molecule has 0 aromatic carbocycles. The van der Waals surface area contributed by atoms with Gasteiger partial charge in [-0.1, -0.05) is 0 Å². The number of nitrogens with one attached hydrogen (secondary N) is 1. The quantitative estimate of drug-likeness (QED) is 0.719. The van der Waals surface area contributed by atoms with Crippen LogP contribution in [0.1, 0.15) is 6.92 Å². The number of carbonyl (C=O) groups is 1. The summed E-state index contributed by atoms with van der Waals surface area (Å²) >= 11 is 0. The summed E-state index contributed by atoms with van der Waals surface area (Å²) in [4.78, 5) is 14.7. The molecule has 0 aromatic heterocycles. The van der Waals surface area contributed by atoms with Gasteiger partial charge in [0.25, 0.3) is 0 Å². The molecule has 0 spiro atoms. The standard InChI is InChI=1S/C8H15N3O.C2H3F3/c12-7-10-1-3-11(4-2-10)8-5-9-6-8;1-2(3,4)5/h7-9H,1-6H2;1H3. The largest absolute Gasteiger partial charge is 0.386 e. The minimum atomic E-state index is -4.00. The maximum atomic E-state index is 10.4. The smallest absolute Gasteiger partial charge is 0.343 e. The fourth-order valence-electron chi connectivity index (χ4n) is 1.74. The van der Waals surface area contributed by atoms with Gasteiger partial charge in [-0.15, -0.1) is 0 Å². The summed E-state index contributed by atoms with van der Waals surface area (Å²) in [5.41, 5.74) is 0. The van der Waals surface area contributed by atoms with Gasteiger partial charge in [-0.05, 0) is 0 Å². The van der Waals surface area contributed by atoms with E-state index in [0.717, 1.165) is 51.7 Å². The van der Waals surface area contributed by atoms with E-state index in [4.69, 9.17) is 0 Å². The average Bonchev–Trinajstić information content (AvgIpc) is 2.14. The first kappa shape index (κ1) is 14.2. The third-order valence-electron chi connectivity index (χ3n) is 2.77. The molecule has 2 fully saturated rings. The zero-order chi connectivity index (χ0) is 12.9. The predicted molar refractivity (Wildman–Crippen MR) is 57.6 cm³/mol. The Morgan fingerprint density at radius 3 is 1.94 bits per heavy atom. The van der Waals surface area contributed by atoms with Crippen molar-refractivity contribution >= 4 is 6.41 Å². The van der Waals surface area contributed by atoms with Crippen molar-refractivity contribution in [1.82, 2.24) is 15.1 Å². The van der Waals surface area contributed by atoms with Crippen LogP contribution in [0, 0.1) is 0 Å². The van der Waals surface area contributed by atoms with E-state index in [0.29, 0.717) is 0 Å². The van der Waals surface area contributed by atoms with Crippen LogP contribution in [0.25, 0.3) is 0 Å². The fraction of sp³-hybridized carbons (Fsp3) is 0.900. The lowest BCUT2D eigenvalue weighted by Gasteiger charge is -2.42. The van der Waals surface area contributed by atoms with Crippen molar-refractivity contribution in [3.8, 4) is 0 Å². The molecule has 0 atom stereocenters. The SMILES string of the molecule is CC(F)(F)F.O=CN1CCN(C2CNC2)CC1. The average molecular weight is 253 g/mol. The molecule has 2 rings (SSSR count). The highest BCUT2D eigenvalue weighted by Crippen LogP contribution is 2.10. The van der Waals surface area contributed by atoms with Gasteiger partial charge in [0.05, 0.1) is 0 Å². The molecule has 1 N–H and O–H groups in total. The van der Waals surface area contributed by atoms with Crippen LogP contribution < -0.4 is 5.32 Å². The summed E-state index contributed by atoms with van der Waals surface area (Å²) in [6.07, 6.45) is -3.05. The second kappa shape index (κ2) is 6.20. The summed E-state index contributed by atoms with van der Waals surface area (Å²) < 4.78 is 31.1. The molecular weight excluding hydrogens is 235 g/mol. The molecule has 0 unspecified atom stereocenters.